The second-order valence-electron chi connectivity index (χ2n) is 8.93. The van der Waals surface area contributed by atoms with Gasteiger partial charge in [-0.3, -0.25) is 0 Å². The summed E-state index contributed by atoms with van der Waals surface area (Å²) >= 11 is 12.7. The number of hydrogen-bond acceptors (Lipinski definition) is 4. The fraction of sp³-hybridized carbons (Fsp3) is 1.00. The topological polar surface area (TPSA) is 36.9 Å². The summed E-state index contributed by atoms with van der Waals surface area (Å²) in [6.45, 7) is 9.55. The summed E-state index contributed by atoms with van der Waals surface area (Å²) in [5.74, 6) is -18.0. The monoisotopic (exact) mass is 608 g/mol. The van der Waals surface area contributed by atoms with E-state index in [1.54, 1.807) is 45.8 Å². The first kappa shape index (κ1) is 33.7. The maximum atomic E-state index is 13.5. The standard InChI is InChI=1S/C15H30Cl2F8O4Si4/c1-30(2,16)27-31(3,4)28-32(5,6)29-33(7,17)10-8-9-26-11-13(20,21)15(24,25)14(22,23)12(18)19/h12H,8-11H2,1-7H3. The van der Waals surface area contributed by atoms with Crippen LogP contribution >= 0.6 is 22.2 Å². The highest BCUT2D eigenvalue weighted by atomic mass is 35.6. The van der Waals surface area contributed by atoms with Crippen LogP contribution in [0.3, 0.4) is 0 Å². The quantitative estimate of drug-likeness (QED) is 0.0848. The molecular formula is C15H30Cl2F8O4Si4. The molecule has 0 bridgehead atoms. The zero-order chi connectivity index (χ0) is 26.7. The molecule has 0 rings (SSSR count). The minimum absolute atomic E-state index is 0.0253. The Bertz CT molecular complexity index is 638. The van der Waals surface area contributed by atoms with Gasteiger partial charge < -0.3 is 17.1 Å². The van der Waals surface area contributed by atoms with Crippen molar-refractivity contribution in [1.82, 2.24) is 0 Å². The minimum Gasteiger partial charge on any atom is -0.425 e. The van der Waals surface area contributed by atoms with Crippen LogP contribution in [-0.4, -0.2) is 69.8 Å². The van der Waals surface area contributed by atoms with Crippen molar-refractivity contribution < 1.29 is 52.2 Å². The summed E-state index contributed by atoms with van der Waals surface area (Å²) < 4.78 is 126. The highest BCUT2D eigenvalue weighted by Gasteiger charge is 2.75. The lowest BCUT2D eigenvalue weighted by Crippen LogP contribution is -2.59. The second-order valence-corrected chi connectivity index (χ2v) is 27.5. The van der Waals surface area contributed by atoms with Crippen LogP contribution in [0, 0.1) is 0 Å². The van der Waals surface area contributed by atoms with Gasteiger partial charge >= 0.3 is 41.3 Å². The fourth-order valence-electron chi connectivity index (χ4n) is 2.94. The highest BCUT2D eigenvalue weighted by molar-refractivity contribution is 7.19. The summed E-state index contributed by atoms with van der Waals surface area (Å²) in [4.78, 5) is 0. The van der Waals surface area contributed by atoms with E-state index < -0.39 is 69.8 Å². The van der Waals surface area contributed by atoms with Gasteiger partial charge in [0, 0.05) is 6.61 Å². The summed E-state index contributed by atoms with van der Waals surface area (Å²) in [6, 6.07) is 0.127. The SMILES string of the molecule is C[Si](C)(Cl)O[Si](C)(C)O[Si](C)(C)O[Si](C)(Cl)CCCOCC(F)(F)C(F)(F)C(F)(F)C(F)F. The third kappa shape index (κ3) is 11.1. The molecule has 0 aromatic carbocycles. The molecule has 0 aliphatic rings. The molecule has 0 aromatic heterocycles. The predicted molar refractivity (Wildman–Crippen MR) is 120 cm³/mol. The van der Waals surface area contributed by atoms with Crippen molar-refractivity contribution in [2.45, 2.75) is 82.5 Å². The van der Waals surface area contributed by atoms with E-state index in [0.29, 0.717) is 0 Å². The van der Waals surface area contributed by atoms with E-state index in [9.17, 15) is 35.1 Å². The first-order valence-electron chi connectivity index (χ1n) is 9.75. The molecule has 4 nitrogen and oxygen atoms in total. The molecule has 18 heteroatoms. The molecule has 0 heterocycles. The first-order valence-corrected chi connectivity index (χ1v) is 22.9. The average Bonchev–Trinajstić information content (AvgIpc) is 2.48. The van der Waals surface area contributed by atoms with Gasteiger partial charge in [-0.05, 0) is 58.3 Å². The normalized spacial score (nSPS) is 16.9. The molecule has 0 aromatic rings. The van der Waals surface area contributed by atoms with Crippen LogP contribution in [0.5, 0.6) is 0 Å². The Kier molecular flexibility index (Phi) is 11.7. The largest absolute Gasteiger partial charge is 0.425 e. The molecule has 33 heavy (non-hydrogen) atoms. The highest BCUT2D eigenvalue weighted by Crippen LogP contribution is 2.48. The van der Waals surface area contributed by atoms with Crippen molar-refractivity contribution >= 4 is 54.5 Å². The van der Waals surface area contributed by atoms with Crippen LogP contribution in [0.2, 0.25) is 51.9 Å². The van der Waals surface area contributed by atoms with Gasteiger partial charge in [-0.25, -0.2) is 8.78 Å². The summed E-state index contributed by atoms with van der Waals surface area (Å²) in [5, 5.41) is 0. The molecule has 1 atom stereocenters. The van der Waals surface area contributed by atoms with Gasteiger partial charge in [0.1, 0.15) is 6.61 Å². The Balaban J connectivity index is 4.77. The lowest BCUT2D eigenvalue weighted by molar-refractivity contribution is -0.345. The third-order valence-corrected chi connectivity index (χ3v) is 18.5. The van der Waals surface area contributed by atoms with Crippen molar-refractivity contribution in [3.63, 3.8) is 0 Å². The molecule has 0 saturated carbocycles. The number of ether oxygens (including phenoxy) is 1. The Morgan fingerprint density at radius 1 is 0.758 bits per heavy atom. The molecule has 0 aliphatic heterocycles. The van der Waals surface area contributed by atoms with Crippen LogP contribution in [0.15, 0.2) is 0 Å². The molecule has 0 N–H and O–H groups in total. The Labute approximate surface area is 202 Å². The first-order chi connectivity index (χ1) is 14.3. The molecule has 0 amide bonds. The van der Waals surface area contributed by atoms with Gasteiger partial charge in [0.2, 0.25) is 0 Å². The summed E-state index contributed by atoms with van der Waals surface area (Å²) in [6.07, 6.45) is -4.99. The Morgan fingerprint density at radius 3 is 1.64 bits per heavy atom. The van der Waals surface area contributed by atoms with Crippen molar-refractivity contribution in [1.29, 1.82) is 0 Å². The fourth-order valence-corrected chi connectivity index (χ4v) is 22.5. The number of hydrogen-bond donors (Lipinski definition) is 0. The van der Waals surface area contributed by atoms with Gasteiger partial charge in [0.05, 0.1) is 0 Å². The van der Waals surface area contributed by atoms with Crippen LogP contribution in [0.4, 0.5) is 35.1 Å². The lowest BCUT2D eigenvalue weighted by atomic mass is 10.1. The zero-order valence-electron chi connectivity index (χ0n) is 19.3. The molecule has 1 unspecified atom stereocenters. The van der Waals surface area contributed by atoms with Gasteiger partial charge in [0.15, 0.2) is 0 Å². The van der Waals surface area contributed by atoms with E-state index in [-0.39, 0.29) is 12.5 Å². The van der Waals surface area contributed by atoms with Crippen molar-refractivity contribution in [3.05, 3.63) is 0 Å². The van der Waals surface area contributed by atoms with Gasteiger partial charge in [0.25, 0.3) is 15.3 Å². The molecule has 0 aliphatic carbocycles. The van der Waals surface area contributed by atoms with E-state index in [2.05, 4.69) is 4.74 Å². The molecular weight excluding hydrogens is 579 g/mol. The lowest BCUT2D eigenvalue weighted by Gasteiger charge is -2.38. The van der Waals surface area contributed by atoms with Crippen LogP contribution in [0.1, 0.15) is 6.42 Å². The maximum Gasteiger partial charge on any atom is 0.380 e. The van der Waals surface area contributed by atoms with E-state index in [1.807, 2.05) is 0 Å². The molecule has 0 radical (unpaired) electrons. The Hall–Kier alpha value is 0.728. The van der Waals surface area contributed by atoms with E-state index in [4.69, 9.17) is 34.5 Å². The second kappa shape index (κ2) is 11.4. The molecule has 0 saturated heterocycles. The third-order valence-electron chi connectivity index (χ3n) is 3.79. The van der Waals surface area contributed by atoms with Crippen LogP contribution in [-0.2, 0) is 17.1 Å². The summed E-state index contributed by atoms with van der Waals surface area (Å²) in [5.41, 5.74) is 0. The van der Waals surface area contributed by atoms with E-state index in [1.165, 1.54) is 0 Å². The molecule has 0 spiro atoms. The summed E-state index contributed by atoms with van der Waals surface area (Å²) in [7, 11) is -10.8. The van der Waals surface area contributed by atoms with E-state index >= 15 is 0 Å². The number of rotatable bonds is 15. The van der Waals surface area contributed by atoms with Gasteiger partial charge in [-0.1, -0.05) is 0 Å². The maximum absolute atomic E-state index is 13.5. The van der Waals surface area contributed by atoms with Crippen LogP contribution < -0.4 is 0 Å². The minimum atomic E-state index is -6.29. The van der Waals surface area contributed by atoms with Gasteiger partial charge in [-0.15, -0.1) is 22.2 Å². The number of alkyl halides is 8. The molecule has 200 valence electrons. The van der Waals surface area contributed by atoms with Crippen molar-refractivity contribution in [2.24, 2.45) is 0 Å². The van der Waals surface area contributed by atoms with Crippen molar-refractivity contribution in [2.75, 3.05) is 13.2 Å². The average molecular weight is 610 g/mol. The zero-order valence-corrected chi connectivity index (χ0v) is 24.8. The van der Waals surface area contributed by atoms with Crippen molar-refractivity contribution in [3.8, 4) is 0 Å². The molecule has 0 fully saturated rings. The Morgan fingerprint density at radius 2 is 1.21 bits per heavy atom. The smallest absolute Gasteiger partial charge is 0.380 e. The van der Waals surface area contributed by atoms with Crippen LogP contribution in [0.25, 0.3) is 0 Å². The predicted octanol–water partition coefficient (Wildman–Crippen LogP) is 7.27. The van der Waals surface area contributed by atoms with E-state index in [0.717, 1.165) is 0 Å². The van der Waals surface area contributed by atoms with Gasteiger partial charge in [-0.2, -0.15) is 26.3 Å². The number of halogens is 10.